The number of benzene rings is 3. The van der Waals surface area contributed by atoms with Crippen LogP contribution in [-0.4, -0.2) is 29.5 Å². The van der Waals surface area contributed by atoms with Crippen LogP contribution in [0.4, 0.5) is 9.59 Å². The van der Waals surface area contributed by atoms with Crippen LogP contribution < -0.4 is 14.2 Å². The molecule has 196 valence electrons. The largest absolute Gasteiger partial charge is 0.514 e. The van der Waals surface area contributed by atoms with Crippen molar-refractivity contribution in [3.63, 3.8) is 0 Å². The molecule has 3 rings (SSSR count). The molecule has 0 unspecified atom stereocenters. The van der Waals surface area contributed by atoms with Crippen LogP contribution >= 0.6 is 15.9 Å². The van der Waals surface area contributed by atoms with Crippen LogP contribution in [0.15, 0.2) is 54.6 Å². The van der Waals surface area contributed by atoms with E-state index in [1.807, 2.05) is 0 Å². The summed E-state index contributed by atoms with van der Waals surface area (Å²) in [5, 5.41) is 0.985. The zero-order valence-corrected chi connectivity index (χ0v) is 23.1. The summed E-state index contributed by atoms with van der Waals surface area (Å²) >= 11 is 3.40. The Morgan fingerprint density at radius 1 is 0.757 bits per heavy atom. The van der Waals surface area contributed by atoms with Gasteiger partial charge in [0, 0.05) is 5.33 Å². The van der Waals surface area contributed by atoms with Crippen molar-refractivity contribution in [2.75, 3.05) is 0 Å². The molecule has 0 aromatic heterocycles. The molecular weight excluding hydrogens is 544 g/mol. The molecule has 3 aromatic carbocycles. The maximum absolute atomic E-state index is 13.4. The van der Waals surface area contributed by atoms with Crippen molar-refractivity contribution >= 4 is 45.0 Å². The molecule has 0 N–H and O–H groups in total. The van der Waals surface area contributed by atoms with Crippen molar-refractivity contribution in [3.8, 4) is 17.2 Å². The number of hydrogen-bond acceptors (Lipinski definition) is 8. The molecule has 0 amide bonds. The van der Waals surface area contributed by atoms with Gasteiger partial charge in [-0.25, -0.2) is 14.4 Å². The highest BCUT2D eigenvalue weighted by atomic mass is 79.9. The smallest absolute Gasteiger partial charge is 0.428 e. The minimum atomic E-state index is -1.04. The summed E-state index contributed by atoms with van der Waals surface area (Å²) in [4.78, 5) is 38.7. The van der Waals surface area contributed by atoms with Gasteiger partial charge in [-0.2, -0.15) is 0 Å². The third-order valence-corrected chi connectivity index (χ3v) is 5.23. The van der Waals surface area contributed by atoms with E-state index in [0.29, 0.717) is 16.7 Å². The van der Waals surface area contributed by atoms with Crippen molar-refractivity contribution in [2.45, 2.75) is 58.1 Å². The lowest BCUT2D eigenvalue weighted by molar-refractivity contribution is 0.0205. The van der Waals surface area contributed by atoms with Gasteiger partial charge in [0.1, 0.15) is 28.3 Å². The number of carbonyl (C=O) groups excluding carboxylic acids is 3. The first-order valence-electron chi connectivity index (χ1n) is 11.5. The van der Waals surface area contributed by atoms with Gasteiger partial charge in [0.15, 0.2) is 5.75 Å². The Morgan fingerprint density at radius 3 is 1.92 bits per heavy atom. The maximum atomic E-state index is 13.4. The topological polar surface area (TPSA) is 97.4 Å². The van der Waals surface area contributed by atoms with E-state index in [9.17, 15) is 14.4 Å². The van der Waals surface area contributed by atoms with Crippen molar-refractivity contribution < 1.29 is 38.1 Å². The van der Waals surface area contributed by atoms with E-state index in [4.69, 9.17) is 23.7 Å². The van der Waals surface area contributed by atoms with Gasteiger partial charge in [-0.1, -0.05) is 46.3 Å². The molecule has 0 saturated carbocycles. The average Bonchev–Trinajstić information content (AvgIpc) is 2.76. The predicted octanol–water partition coefficient (Wildman–Crippen LogP) is 7.58. The van der Waals surface area contributed by atoms with Gasteiger partial charge in [0.05, 0.1) is 5.39 Å². The molecule has 0 spiro atoms. The minimum absolute atomic E-state index is 0.0280. The molecule has 8 nitrogen and oxygen atoms in total. The SMILES string of the molecule is CC(C)(C)OC(=O)Oc1cccc2cc(CBr)c(C(=O)Oc3ccccc3)c(OC(=O)OC(C)(C)C)c12. The maximum Gasteiger partial charge on any atom is 0.514 e. The van der Waals surface area contributed by atoms with E-state index in [-0.39, 0.29) is 27.8 Å². The number of esters is 1. The number of para-hydroxylation sites is 1. The van der Waals surface area contributed by atoms with E-state index in [1.165, 1.54) is 6.07 Å². The van der Waals surface area contributed by atoms with E-state index in [2.05, 4.69) is 15.9 Å². The Hall–Kier alpha value is -3.59. The first-order chi connectivity index (χ1) is 17.3. The highest BCUT2D eigenvalue weighted by Gasteiger charge is 2.29. The van der Waals surface area contributed by atoms with Crippen LogP contribution in [0, 0.1) is 0 Å². The summed E-state index contributed by atoms with van der Waals surface area (Å²) < 4.78 is 27.4. The normalized spacial score (nSPS) is 11.5. The lowest BCUT2D eigenvalue weighted by Crippen LogP contribution is -2.27. The van der Waals surface area contributed by atoms with Crippen molar-refractivity contribution in [1.82, 2.24) is 0 Å². The fraction of sp³-hybridized carbons (Fsp3) is 0.321. The minimum Gasteiger partial charge on any atom is -0.428 e. The molecule has 0 aliphatic carbocycles. The monoisotopic (exact) mass is 572 g/mol. The second kappa shape index (κ2) is 11.2. The molecular formula is C28H29BrO8. The van der Waals surface area contributed by atoms with Gasteiger partial charge >= 0.3 is 18.3 Å². The van der Waals surface area contributed by atoms with E-state index < -0.39 is 29.5 Å². The van der Waals surface area contributed by atoms with Gasteiger partial charge < -0.3 is 23.7 Å². The fourth-order valence-electron chi connectivity index (χ4n) is 3.32. The predicted molar refractivity (Wildman–Crippen MR) is 142 cm³/mol. The highest BCUT2D eigenvalue weighted by Crippen LogP contribution is 2.41. The summed E-state index contributed by atoms with van der Waals surface area (Å²) in [6.07, 6.45) is -2.00. The summed E-state index contributed by atoms with van der Waals surface area (Å²) in [5.74, 6) is -0.607. The number of rotatable bonds is 5. The Morgan fingerprint density at radius 2 is 1.35 bits per heavy atom. The number of carbonyl (C=O) groups is 3. The Bertz CT molecular complexity index is 1300. The van der Waals surface area contributed by atoms with Gasteiger partial charge in [-0.3, -0.25) is 0 Å². The highest BCUT2D eigenvalue weighted by molar-refractivity contribution is 9.08. The number of fused-ring (bicyclic) bond motifs is 1. The second-order valence-electron chi connectivity index (χ2n) is 10.1. The van der Waals surface area contributed by atoms with E-state index in [0.717, 1.165) is 0 Å². The molecule has 0 aliphatic heterocycles. The lowest BCUT2D eigenvalue weighted by atomic mass is 9.99. The summed E-state index contributed by atoms with van der Waals surface area (Å²) in [7, 11) is 0. The molecule has 0 saturated heterocycles. The molecule has 0 aliphatic rings. The zero-order chi connectivity index (χ0) is 27.4. The summed E-state index contributed by atoms with van der Waals surface area (Å²) in [6.45, 7) is 10.2. The quantitative estimate of drug-likeness (QED) is 0.133. The summed E-state index contributed by atoms with van der Waals surface area (Å²) in [6, 6.07) is 15.1. The first kappa shape index (κ1) is 28.0. The van der Waals surface area contributed by atoms with Crippen LogP contribution in [0.2, 0.25) is 0 Å². The first-order valence-corrected chi connectivity index (χ1v) is 12.6. The molecule has 9 heteroatoms. The van der Waals surface area contributed by atoms with Gasteiger partial charge in [0.2, 0.25) is 0 Å². The number of ether oxygens (including phenoxy) is 5. The Balaban J connectivity index is 2.21. The molecule has 3 aromatic rings. The summed E-state index contributed by atoms with van der Waals surface area (Å²) in [5.41, 5.74) is -1.20. The molecule has 0 bridgehead atoms. The van der Waals surface area contributed by atoms with Crippen LogP contribution in [0.25, 0.3) is 10.8 Å². The van der Waals surface area contributed by atoms with Crippen LogP contribution in [0.5, 0.6) is 17.2 Å². The molecule has 0 atom stereocenters. The molecule has 0 fully saturated rings. The zero-order valence-electron chi connectivity index (χ0n) is 21.5. The molecule has 0 radical (unpaired) electrons. The number of alkyl halides is 1. The standard InChI is InChI=1S/C28H29BrO8/c1-27(2,3)36-25(31)34-20-14-10-11-17-15-18(16-29)22(24(30)33-19-12-8-7-9-13-19)23(21(17)20)35-26(32)37-28(4,5)6/h7-15H,16H2,1-6H3. The number of hydrogen-bond donors (Lipinski definition) is 0. The van der Waals surface area contributed by atoms with E-state index >= 15 is 0 Å². The van der Waals surface area contributed by atoms with Crippen molar-refractivity contribution in [3.05, 3.63) is 65.7 Å². The molecule has 0 heterocycles. The average molecular weight is 573 g/mol. The van der Waals surface area contributed by atoms with Crippen molar-refractivity contribution in [1.29, 1.82) is 0 Å². The van der Waals surface area contributed by atoms with Gasteiger partial charge in [0.25, 0.3) is 0 Å². The molecule has 37 heavy (non-hydrogen) atoms. The van der Waals surface area contributed by atoms with Crippen LogP contribution in [-0.2, 0) is 14.8 Å². The van der Waals surface area contributed by atoms with Crippen LogP contribution in [0.3, 0.4) is 0 Å². The Kier molecular flexibility index (Phi) is 8.48. The number of halogens is 1. The lowest BCUT2D eigenvalue weighted by Gasteiger charge is -2.22. The second-order valence-corrected chi connectivity index (χ2v) is 10.6. The van der Waals surface area contributed by atoms with Gasteiger partial charge in [-0.05, 0) is 76.8 Å². The third-order valence-electron chi connectivity index (χ3n) is 4.62. The van der Waals surface area contributed by atoms with Crippen molar-refractivity contribution in [2.24, 2.45) is 0 Å². The van der Waals surface area contributed by atoms with E-state index in [1.54, 1.807) is 90.1 Å². The fourth-order valence-corrected chi connectivity index (χ4v) is 3.76. The third kappa shape index (κ3) is 7.69. The Labute approximate surface area is 223 Å². The van der Waals surface area contributed by atoms with Crippen LogP contribution in [0.1, 0.15) is 57.5 Å². The van der Waals surface area contributed by atoms with Gasteiger partial charge in [-0.15, -0.1) is 0 Å².